The fourth-order valence-electron chi connectivity index (χ4n) is 3.11. The van der Waals surface area contributed by atoms with Gasteiger partial charge in [0.15, 0.2) is 0 Å². The Hall–Kier alpha value is -2.33. The van der Waals surface area contributed by atoms with E-state index in [2.05, 4.69) is 55.2 Å². The minimum Gasteiger partial charge on any atom is -0.377 e. The highest BCUT2D eigenvalue weighted by molar-refractivity contribution is 5.82. The van der Waals surface area contributed by atoms with E-state index in [0.717, 1.165) is 61.0 Å². The summed E-state index contributed by atoms with van der Waals surface area (Å²) in [5, 5.41) is 0. The fraction of sp³-hybridized carbons (Fsp3) is 0.409. The van der Waals surface area contributed by atoms with Gasteiger partial charge in [-0.1, -0.05) is 57.0 Å². The Labute approximate surface area is 154 Å². The molecule has 4 heteroatoms. The Morgan fingerprint density at radius 2 is 1.69 bits per heavy atom. The van der Waals surface area contributed by atoms with Gasteiger partial charge in [-0.2, -0.15) is 0 Å². The van der Waals surface area contributed by atoms with Gasteiger partial charge in [-0.3, -0.25) is 4.57 Å². The smallest absolute Gasteiger partial charge is 0.326 e. The van der Waals surface area contributed by atoms with Crippen molar-refractivity contribution < 1.29 is 4.74 Å². The SMILES string of the molecule is CCCCOCc1ccc(-c2ccc3c(c2)[nH]c(=O)n3CCCC)cc1. The van der Waals surface area contributed by atoms with Crippen molar-refractivity contribution in [1.29, 1.82) is 0 Å². The molecule has 0 aliphatic carbocycles. The molecule has 3 rings (SSSR count). The number of H-pyrrole nitrogens is 1. The summed E-state index contributed by atoms with van der Waals surface area (Å²) in [5.41, 5.74) is 5.30. The number of nitrogens with zero attached hydrogens (tertiary/aromatic N) is 1. The average molecular weight is 352 g/mol. The van der Waals surface area contributed by atoms with E-state index in [1.165, 1.54) is 5.56 Å². The summed E-state index contributed by atoms with van der Waals surface area (Å²) in [5.74, 6) is 0. The number of hydrogen-bond donors (Lipinski definition) is 1. The topological polar surface area (TPSA) is 47.0 Å². The molecule has 1 heterocycles. The van der Waals surface area contributed by atoms with Gasteiger partial charge in [0.05, 0.1) is 17.6 Å². The van der Waals surface area contributed by atoms with E-state index >= 15 is 0 Å². The normalized spacial score (nSPS) is 11.3. The Kier molecular flexibility index (Phi) is 6.29. The third-order valence-corrected chi connectivity index (χ3v) is 4.71. The van der Waals surface area contributed by atoms with Crippen molar-refractivity contribution in [2.24, 2.45) is 0 Å². The molecule has 0 saturated carbocycles. The van der Waals surface area contributed by atoms with Gasteiger partial charge in [-0.25, -0.2) is 4.79 Å². The van der Waals surface area contributed by atoms with E-state index in [0.29, 0.717) is 6.61 Å². The molecule has 4 nitrogen and oxygen atoms in total. The van der Waals surface area contributed by atoms with Crippen molar-refractivity contribution in [2.45, 2.75) is 52.7 Å². The molecule has 138 valence electrons. The van der Waals surface area contributed by atoms with Gasteiger partial charge in [-0.05, 0) is 41.7 Å². The summed E-state index contributed by atoms with van der Waals surface area (Å²) >= 11 is 0. The number of aryl methyl sites for hydroxylation is 1. The number of unbranched alkanes of at least 4 members (excludes halogenated alkanes) is 2. The summed E-state index contributed by atoms with van der Waals surface area (Å²) in [7, 11) is 0. The first-order valence-corrected chi connectivity index (χ1v) is 9.62. The van der Waals surface area contributed by atoms with E-state index in [1.54, 1.807) is 0 Å². The molecule has 0 aliphatic rings. The van der Waals surface area contributed by atoms with E-state index in [-0.39, 0.29) is 5.69 Å². The number of aromatic nitrogens is 2. The lowest BCUT2D eigenvalue weighted by molar-refractivity contribution is 0.118. The molecule has 0 bridgehead atoms. The van der Waals surface area contributed by atoms with E-state index in [4.69, 9.17) is 4.74 Å². The molecule has 1 N–H and O–H groups in total. The van der Waals surface area contributed by atoms with Crippen LogP contribution in [0.25, 0.3) is 22.2 Å². The van der Waals surface area contributed by atoms with E-state index < -0.39 is 0 Å². The summed E-state index contributed by atoms with van der Waals surface area (Å²) in [6.45, 7) is 6.54. The number of aromatic amines is 1. The predicted octanol–water partition coefficient (Wildman–Crippen LogP) is 5.11. The number of imidazole rings is 1. The third-order valence-electron chi connectivity index (χ3n) is 4.71. The van der Waals surface area contributed by atoms with Crippen LogP contribution in [0.4, 0.5) is 0 Å². The van der Waals surface area contributed by atoms with Crippen molar-refractivity contribution in [3.05, 3.63) is 58.5 Å². The lowest BCUT2D eigenvalue weighted by Crippen LogP contribution is -2.16. The highest BCUT2D eigenvalue weighted by Gasteiger charge is 2.08. The molecular formula is C22H28N2O2. The van der Waals surface area contributed by atoms with E-state index in [9.17, 15) is 4.79 Å². The molecular weight excluding hydrogens is 324 g/mol. The molecule has 0 spiro atoms. The zero-order chi connectivity index (χ0) is 18.4. The minimum absolute atomic E-state index is 0.0230. The highest BCUT2D eigenvalue weighted by atomic mass is 16.5. The average Bonchev–Trinajstić information content (AvgIpc) is 2.98. The number of rotatable bonds is 9. The molecule has 1 aromatic heterocycles. The van der Waals surface area contributed by atoms with Crippen molar-refractivity contribution in [2.75, 3.05) is 6.61 Å². The number of fused-ring (bicyclic) bond motifs is 1. The number of ether oxygens (including phenoxy) is 1. The molecule has 0 aliphatic heterocycles. The lowest BCUT2D eigenvalue weighted by Gasteiger charge is -2.07. The Morgan fingerprint density at radius 1 is 0.962 bits per heavy atom. The van der Waals surface area contributed by atoms with Crippen LogP contribution in [0.2, 0.25) is 0 Å². The minimum atomic E-state index is -0.0230. The molecule has 0 radical (unpaired) electrons. The van der Waals surface area contributed by atoms with Gasteiger partial charge < -0.3 is 9.72 Å². The highest BCUT2D eigenvalue weighted by Crippen LogP contribution is 2.24. The fourth-order valence-corrected chi connectivity index (χ4v) is 3.11. The van der Waals surface area contributed by atoms with Crippen LogP contribution in [0.1, 0.15) is 45.1 Å². The Morgan fingerprint density at radius 3 is 2.42 bits per heavy atom. The summed E-state index contributed by atoms with van der Waals surface area (Å²) < 4.78 is 7.50. The Balaban J connectivity index is 1.77. The van der Waals surface area contributed by atoms with Crippen LogP contribution in [-0.4, -0.2) is 16.2 Å². The quantitative estimate of drug-likeness (QED) is 0.544. The first-order valence-electron chi connectivity index (χ1n) is 9.62. The van der Waals surface area contributed by atoms with Crippen molar-refractivity contribution in [1.82, 2.24) is 9.55 Å². The second-order valence-electron chi connectivity index (χ2n) is 6.77. The largest absolute Gasteiger partial charge is 0.377 e. The van der Waals surface area contributed by atoms with Crippen LogP contribution in [0.5, 0.6) is 0 Å². The summed E-state index contributed by atoms with van der Waals surface area (Å²) in [4.78, 5) is 15.2. The number of nitrogens with one attached hydrogen (secondary N) is 1. The summed E-state index contributed by atoms with van der Waals surface area (Å²) in [6.07, 6.45) is 4.35. The van der Waals surface area contributed by atoms with Crippen LogP contribution >= 0.6 is 0 Å². The summed E-state index contributed by atoms with van der Waals surface area (Å²) in [6, 6.07) is 14.6. The molecule has 0 amide bonds. The van der Waals surface area contributed by atoms with Gasteiger partial charge in [-0.15, -0.1) is 0 Å². The van der Waals surface area contributed by atoms with Crippen molar-refractivity contribution >= 4 is 11.0 Å². The second-order valence-corrected chi connectivity index (χ2v) is 6.77. The monoisotopic (exact) mass is 352 g/mol. The van der Waals surface area contributed by atoms with Gasteiger partial charge in [0.1, 0.15) is 0 Å². The molecule has 0 unspecified atom stereocenters. The van der Waals surface area contributed by atoms with Gasteiger partial charge >= 0.3 is 5.69 Å². The molecule has 2 aromatic carbocycles. The van der Waals surface area contributed by atoms with E-state index in [1.807, 2.05) is 10.6 Å². The molecule has 0 saturated heterocycles. The number of benzene rings is 2. The molecule has 0 atom stereocenters. The van der Waals surface area contributed by atoms with Gasteiger partial charge in [0.2, 0.25) is 0 Å². The van der Waals surface area contributed by atoms with Crippen LogP contribution in [-0.2, 0) is 17.9 Å². The van der Waals surface area contributed by atoms with Crippen molar-refractivity contribution in [3.63, 3.8) is 0 Å². The predicted molar refractivity (Wildman–Crippen MR) is 107 cm³/mol. The maximum atomic E-state index is 12.2. The zero-order valence-corrected chi connectivity index (χ0v) is 15.8. The number of hydrogen-bond acceptors (Lipinski definition) is 2. The van der Waals surface area contributed by atoms with Crippen LogP contribution in [0, 0.1) is 0 Å². The zero-order valence-electron chi connectivity index (χ0n) is 15.8. The van der Waals surface area contributed by atoms with Crippen molar-refractivity contribution in [3.8, 4) is 11.1 Å². The first kappa shape index (κ1) is 18.5. The maximum Gasteiger partial charge on any atom is 0.326 e. The first-order chi connectivity index (χ1) is 12.7. The van der Waals surface area contributed by atoms with Crippen LogP contribution < -0.4 is 5.69 Å². The molecule has 26 heavy (non-hydrogen) atoms. The molecule has 0 fully saturated rings. The second kappa shape index (κ2) is 8.86. The third kappa shape index (κ3) is 4.25. The molecule has 3 aromatic rings. The maximum absolute atomic E-state index is 12.2. The lowest BCUT2D eigenvalue weighted by atomic mass is 10.0. The van der Waals surface area contributed by atoms with Gasteiger partial charge in [0.25, 0.3) is 0 Å². The van der Waals surface area contributed by atoms with Crippen LogP contribution in [0.3, 0.4) is 0 Å². The van der Waals surface area contributed by atoms with Gasteiger partial charge in [0, 0.05) is 13.2 Å². The Bertz CT molecular complexity index is 891. The van der Waals surface area contributed by atoms with Crippen LogP contribution in [0.15, 0.2) is 47.3 Å². The standard InChI is InChI=1S/C22H28N2O2/c1-3-5-13-24-21-12-11-19(15-20(21)23-22(24)25)18-9-7-17(8-10-18)16-26-14-6-4-2/h7-12,15H,3-6,13-14,16H2,1-2H3,(H,23,25).